The predicted octanol–water partition coefficient (Wildman–Crippen LogP) is 2.86. The quantitative estimate of drug-likeness (QED) is 0.881. The molecule has 110 valence electrons. The SMILES string of the molecule is CC(Cc1ccc(F)cc1)NC(=O)c1ccnc(F)c1F. The van der Waals surface area contributed by atoms with Gasteiger partial charge in [0.05, 0.1) is 5.56 Å². The number of nitrogens with one attached hydrogen (secondary N) is 1. The van der Waals surface area contributed by atoms with Gasteiger partial charge in [0.2, 0.25) is 5.95 Å². The highest BCUT2D eigenvalue weighted by Crippen LogP contribution is 2.10. The summed E-state index contributed by atoms with van der Waals surface area (Å²) in [5.74, 6) is -3.65. The van der Waals surface area contributed by atoms with Gasteiger partial charge >= 0.3 is 0 Å². The van der Waals surface area contributed by atoms with Crippen molar-refractivity contribution in [1.82, 2.24) is 10.3 Å². The summed E-state index contributed by atoms with van der Waals surface area (Å²) >= 11 is 0. The molecule has 6 heteroatoms. The fraction of sp³-hybridized carbons (Fsp3) is 0.200. The van der Waals surface area contributed by atoms with Gasteiger partial charge < -0.3 is 5.32 Å². The Kier molecular flexibility index (Phi) is 4.57. The van der Waals surface area contributed by atoms with Gasteiger partial charge in [-0.1, -0.05) is 12.1 Å². The second kappa shape index (κ2) is 6.39. The normalized spacial score (nSPS) is 12.0. The van der Waals surface area contributed by atoms with Crippen molar-refractivity contribution in [3.63, 3.8) is 0 Å². The van der Waals surface area contributed by atoms with Crippen molar-refractivity contribution in [1.29, 1.82) is 0 Å². The third-order valence-corrected chi connectivity index (χ3v) is 2.92. The van der Waals surface area contributed by atoms with Crippen LogP contribution in [0.4, 0.5) is 13.2 Å². The molecule has 3 nitrogen and oxygen atoms in total. The number of carbonyl (C=O) groups is 1. The Morgan fingerprint density at radius 1 is 1.19 bits per heavy atom. The smallest absolute Gasteiger partial charge is 0.254 e. The van der Waals surface area contributed by atoms with Gasteiger partial charge in [0.15, 0.2) is 5.82 Å². The second-order valence-corrected chi connectivity index (χ2v) is 4.67. The lowest BCUT2D eigenvalue weighted by molar-refractivity contribution is 0.0934. The number of benzene rings is 1. The number of carbonyl (C=O) groups excluding carboxylic acids is 1. The lowest BCUT2D eigenvalue weighted by Crippen LogP contribution is -2.34. The third kappa shape index (κ3) is 3.81. The van der Waals surface area contributed by atoms with E-state index < -0.39 is 23.2 Å². The molecular weight excluding hydrogens is 281 g/mol. The van der Waals surface area contributed by atoms with Gasteiger partial charge in [-0.2, -0.15) is 4.39 Å². The van der Waals surface area contributed by atoms with E-state index in [9.17, 15) is 18.0 Å². The Balaban J connectivity index is 2.02. The van der Waals surface area contributed by atoms with E-state index in [1.54, 1.807) is 19.1 Å². The van der Waals surface area contributed by atoms with Gasteiger partial charge in [-0.25, -0.2) is 13.8 Å². The molecule has 0 saturated carbocycles. The molecule has 1 aromatic heterocycles. The molecule has 2 aromatic rings. The lowest BCUT2D eigenvalue weighted by atomic mass is 10.1. The van der Waals surface area contributed by atoms with Gasteiger partial charge in [-0.05, 0) is 37.1 Å². The topological polar surface area (TPSA) is 42.0 Å². The van der Waals surface area contributed by atoms with Gasteiger partial charge in [0, 0.05) is 12.2 Å². The first-order valence-electron chi connectivity index (χ1n) is 6.32. The Morgan fingerprint density at radius 2 is 1.86 bits per heavy atom. The number of rotatable bonds is 4. The van der Waals surface area contributed by atoms with E-state index in [0.717, 1.165) is 17.8 Å². The van der Waals surface area contributed by atoms with Crippen molar-refractivity contribution in [2.45, 2.75) is 19.4 Å². The molecule has 1 unspecified atom stereocenters. The van der Waals surface area contributed by atoms with E-state index in [0.29, 0.717) is 6.42 Å². The van der Waals surface area contributed by atoms with Crippen LogP contribution in [-0.2, 0) is 6.42 Å². The van der Waals surface area contributed by atoms with E-state index >= 15 is 0 Å². The van der Waals surface area contributed by atoms with Gasteiger partial charge in [0.1, 0.15) is 5.82 Å². The number of aromatic nitrogens is 1. The standard InChI is InChI=1S/C15H13F3N2O/c1-9(8-10-2-4-11(16)5-3-10)20-15(21)12-6-7-19-14(18)13(12)17/h2-7,9H,8H2,1H3,(H,20,21). The Bertz CT molecular complexity index is 644. The Hall–Kier alpha value is -2.37. The molecule has 1 heterocycles. The Labute approximate surface area is 119 Å². The molecule has 1 N–H and O–H groups in total. The summed E-state index contributed by atoms with van der Waals surface area (Å²) < 4.78 is 39.2. The number of amides is 1. The zero-order valence-corrected chi connectivity index (χ0v) is 11.2. The molecule has 0 aliphatic carbocycles. The maximum Gasteiger partial charge on any atom is 0.254 e. The molecule has 1 atom stereocenters. The fourth-order valence-corrected chi connectivity index (χ4v) is 1.92. The Morgan fingerprint density at radius 3 is 2.52 bits per heavy atom. The molecule has 1 amide bonds. The van der Waals surface area contributed by atoms with E-state index in [1.807, 2.05) is 0 Å². The number of pyridine rings is 1. The number of nitrogens with zero attached hydrogens (tertiary/aromatic N) is 1. The molecule has 0 saturated heterocycles. The molecule has 1 aromatic carbocycles. The van der Waals surface area contributed by atoms with Crippen LogP contribution in [-0.4, -0.2) is 16.9 Å². The molecule has 0 radical (unpaired) electrons. The van der Waals surface area contributed by atoms with Gasteiger partial charge in [0.25, 0.3) is 5.91 Å². The zero-order chi connectivity index (χ0) is 15.4. The van der Waals surface area contributed by atoms with E-state index in [1.165, 1.54) is 12.1 Å². The number of hydrogen-bond donors (Lipinski definition) is 1. The van der Waals surface area contributed by atoms with Crippen LogP contribution in [0.1, 0.15) is 22.8 Å². The molecule has 0 bridgehead atoms. The summed E-state index contributed by atoms with van der Waals surface area (Å²) in [5.41, 5.74) is 0.430. The summed E-state index contributed by atoms with van der Waals surface area (Å²) in [6.07, 6.45) is 1.47. The largest absolute Gasteiger partial charge is 0.349 e. The van der Waals surface area contributed by atoms with Crippen LogP contribution in [0.15, 0.2) is 36.5 Å². The van der Waals surface area contributed by atoms with Crippen molar-refractivity contribution < 1.29 is 18.0 Å². The minimum absolute atomic E-state index is 0.321. The van der Waals surface area contributed by atoms with Crippen LogP contribution in [0.2, 0.25) is 0 Å². The highest BCUT2D eigenvalue weighted by atomic mass is 19.2. The lowest BCUT2D eigenvalue weighted by Gasteiger charge is -2.14. The average Bonchev–Trinajstić information content (AvgIpc) is 2.44. The van der Waals surface area contributed by atoms with Crippen molar-refractivity contribution in [3.8, 4) is 0 Å². The first kappa shape index (κ1) is 15.0. The molecule has 21 heavy (non-hydrogen) atoms. The van der Waals surface area contributed by atoms with Crippen LogP contribution in [0.3, 0.4) is 0 Å². The van der Waals surface area contributed by atoms with Crippen LogP contribution < -0.4 is 5.32 Å². The molecule has 2 rings (SSSR count). The van der Waals surface area contributed by atoms with Gasteiger partial charge in [-0.15, -0.1) is 0 Å². The minimum Gasteiger partial charge on any atom is -0.349 e. The van der Waals surface area contributed by atoms with Crippen molar-refractivity contribution in [2.24, 2.45) is 0 Å². The van der Waals surface area contributed by atoms with Crippen LogP contribution in [0.5, 0.6) is 0 Å². The maximum atomic E-state index is 13.4. The van der Waals surface area contributed by atoms with Crippen LogP contribution >= 0.6 is 0 Å². The van der Waals surface area contributed by atoms with E-state index in [-0.39, 0.29) is 11.9 Å². The maximum absolute atomic E-state index is 13.4. The summed E-state index contributed by atoms with van der Waals surface area (Å²) in [6, 6.07) is 6.63. The average molecular weight is 294 g/mol. The predicted molar refractivity (Wildman–Crippen MR) is 71.2 cm³/mol. The van der Waals surface area contributed by atoms with Crippen molar-refractivity contribution >= 4 is 5.91 Å². The van der Waals surface area contributed by atoms with Crippen molar-refractivity contribution in [3.05, 3.63) is 65.2 Å². The number of hydrogen-bond acceptors (Lipinski definition) is 2. The van der Waals surface area contributed by atoms with E-state index in [4.69, 9.17) is 0 Å². The fourth-order valence-electron chi connectivity index (χ4n) is 1.92. The third-order valence-electron chi connectivity index (χ3n) is 2.92. The van der Waals surface area contributed by atoms with Crippen molar-refractivity contribution in [2.75, 3.05) is 0 Å². The first-order valence-corrected chi connectivity index (χ1v) is 6.32. The molecule has 0 aliphatic rings. The summed E-state index contributed by atoms with van der Waals surface area (Å²) in [6.45, 7) is 1.72. The van der Waals surface area contributed by atoms with Gasteiger partial charge in [-0.3, -0.25) is 4.79 Å². The summed E-state index contributed by atoms with van der Waals surface area (Å²) in [7, 11) is 0. The highest BCUT2D eigenvalue weighted by Gasteiger charge is 2.17. The monoisotopic (exact) mass is 294 g/mol. The number of halogens is 3. The second-order valence-electron chi connectivity index (χ2n) is 4.67. The molecule has 0 aliphatic heterocycles. The first-order chi connectivity index (χ1) is 9.97. The molecule has 0 fully saturated rings. The van der Waals surface area contributed by atoms with Crippen LogP contribution in [0, 0.1) is 17.6 Å². The molecule has 0 spiro atoms. The highest BCUT2D eigenvalue weighted by molar-refractivity contribution is 5.94. The minimum atomic E-state index is -1.31. The zero-order valence-electron chi connectivity index (χ0n) is 11.2. The summed E-state index contributed by atoms with van der Waals surface area (Å²) in [4.78, 5) is 15.0. The van der Waals surface area contributed by atoms with Crippen LogP contribution in [0.25, 0.3) is 0 Å². The van der Waals surface area contributed by atoms with E-state index in [2.05, 4.69) is 10.3 Å². The molecular formula is C15H13F3N2O. The summed E-state index contributed by atoms with van der Waals surface area (Å²) in [5, 5.41) is 2.56.